The number of rotatable bonds is 6. The van der Waals surface area contributed by atoms with E-state index in [-0.39, 0.29) is 40.3 Å². The molecule has 3 aliphatic rings. The first kappa shape index (κ1) is 25.7. The monoisotopic (exact) mass is 533 g/mol. The Kier molecular flexibility index (Phi) is 7.00. The van der Waals surface area contributed by atoms with Crippen LogP contribution >= 0.6 is 11.6 Å². The number of aromatic nitrogens is 1. The first-order valence-electron chi connectivity index (χ1n) is 12.5. The van der Waals surface area contributed by atoms with E-state index in [2.05, 4.69) is 10.3 Å². The van der Waals surface area contributed by atoms with Gasteiger partial charge >= 0.3 is 0 Å². The lowest BCUT2D eigenvalue weighted by Gasteiger charge is -2.43. The Morgan fingerprint density at radius 2 is 1.89 bits per heavy atom. The SMILES string of the molecule is O=C1CC[C@@H](C(=O)N(c2cncc(F)c2)[C@H](C(=O)NC2CC(F)(F)C2)c2ccccc2Cl)C2CCC2C1. The third kappa shape index (κ3) is 5.23. The van der Waals surface area contributed by atoms with E-state index in [1.807, 2.05) is 0 Å². The van der Waals surface area contributed by atoms with Gasteiger partial charge in [0.25, 0.3) is 5.92 Å². The zero-order valence-electron chi connectivity index (χ0n) is 20.0. The molecule has 0 bridgehead atoms. The number of pyridine rings is 1. The van der Waals surface area contributed by atoms with Crippen molar-refractivity contribution >= 4 is 34.9 Å². The Hall–Kier alpha value is -2.94. The lowest BCUT2D eigenvalue weighted by Crippen LogP contribution is -2.55. The summed E-state index contributed by atoms with van der Waals surface area (Å²) in [6, 6.07) is 5.46. The highest BCUT2D eigenvalue weighted by Gasteiger charge is 2.49. The molecule has 1 aromatic carbocycles. The minimum absolute atomic E-state index is 0.0248. The van der Waals surface area contributed by atoms with Crippen LogP contribution in [0.1, 0.15) is 56.6 Å². The summed E-state index contributed by atoms with van der Waals surface area (Å²) >= 11 is 6.48. The number of Topliss-reactive ketones (excluding diaryl/α,β-unsaturated/α-hetero) is 1. The molecule has 0 aliphatic heterocycles. The zero-order valence-corrected chi connectivity index (χ0v) is 20.8. The van der Waals surface area contributed by atoms with E-state index in [4.69, 9.17) is 11.6 Å². The minimum atomic E-state index is -2.86. The molecule has 2 unspecified atom stereocenters. The van der Waals surface area contributed by atoms with Crippen LogP contribution in [0.4, 0.5) is 18.9 Å². The van der Waals surface area contributed by atoms with E-state index in [1.165, 1.54) is 11.1 Å². The Bertz CT molecular complexity index is 1220. The molecule has 37 heavy (non-hydrogen) atoms. The molecule has 0 radical (unpaired) electrons. The molecule has 1 N–H and O–H groups in total. The van der Waals surface area contributed by atoms with Gasteiger partial charge < -0.3 is 5.32 Å². The smallest absolute Gasteiger partial charge is 0.252 e. The molecule has 3 fully saturated rings. The summed E-state index contributed by atoms with van der Waals surface area (Å²) in [5.74, 6) is -5.06. The van der Waals surface area contributed by atoms with E-state index in [1.54, 1.807) is 24.3 Å². The Labute approximate surface area is 217 Å². The number of hydrogen-bond acceptors (Lipinski definition) is 4. The second-order valence-electron chi connectivity index (χ2n) is 10.4. The number of hydrogen-bond donors (Lipinski definition) is 1. The number of nitrogens with one attached hydrogen (secondary N) is 1. The van der Waals surface area contributed by atoms with Gasteiger partial charge in [-0.05, 0) is 37.2 Å². The molecule has 4 atom stereocenters. The van der Waals surface area contributed by atoms with Crippen molar-refractivity contribution in [1.29, 1.82) is 0 Å². The topological polar surface area (TPSA) is 79.4 Å². The largest absolute Gasteiger partial charge is 0.351 e. The van der Waals surface area contributed by atoms with Crippen molar-refractivity contribution in [2.45, 2.75) is 63.0 Å². The van der Waals surface area contributed by atoms with Gasteiger partial charge in [0.05, 0.1) is 18.1 Å². The van der Waals surface area contributed by atoms with Crippen LogP contribution < -0.4 is 10.2 Å². The van der Waals surface area contributed by atoms with Crippen LogP contribution in [0.15, 0.2) is 42.7 Å². The maximum absolute atomic E-state index is 14.3. The van der Waals surface area contributed by atoms with Crippen molar-refractivity contribution in [2.24, 2.45) is 17.8 Å². The average Bonchev–Trinajstić information content (AvgIpc) is 2.92. The summed E-state index contributed by atoms with van der Waals surface area (Å²) in [5.41, 5.74) is 0.329. The van der Waals surface area contributed by atoms with E-state index in [0.717, 1.165) is 25.1 Å². The molecular weight excluding hydrogens is 507 g/mol. The molecule has 2 amide bonds. The van der Waals surface area contributed by atoms with Crippen LogP contribution in [0.25, 0.3) is 0 Å². The number of amides is 2. The van der Waals surface area contributed by atoms with Crippen LogP contribution in [0.3, 0.4) is 0 Å². The standard InChI is InChI=1S/C27H27ClF3N3O3/c28-23-4-2-1-3-22(23)24(25(36)33-17-11-27(30,31)12-17)34(18-10-16(29)13-32-14-18)26(37)21-8-6-19(35)9-15-5-7-20(15)21/h1-4,10,13-15,17,20-21,24H,5-9,11-12H2,(H,33,36)/t15?,20?,21-,24+/m1/s1. The number of alkyl halides is 2. The van der Waals surface area contributed by atoms with Crippen molar-refractivity contribution in [1.82, 2.24) is 10.3 Å². The summed E-state index contributed by atoms with van der Waals surface area (Å²) < 4.78 is 41.4. The Morgan fingerprint density at radius 1 is 1.14 bits per heavy atom. The zero-order chi connectivity index (χ0) is 26.3. The molecule has 6 nitrogen and oxygen atoms in total. The fraction of sp³-hybridized carbons (Fsp3) is 0.481. The number of anilines is 1. The molecule has 5 rings (SSSR count). The van der Waals surface area contributed by atoms with Gasteiger partial charge in [-0.1, -0.05) is 29.8 Å². The second kappa shape index (κ2) is 10.1. The molecule has 196 valence electrons. The van der Waals surface area contributed by atoms with Crippen molar-refractivity contribution in [2.75, 3.05) is 4.90 Å². The normalized spacial score (nSPS) is 25.6. The molecular formula is C27H27ClF3N3O3. The Balaban J connectivity index is 1.57. The van der Waals surface area contributed by atoms with Gasteiger partial charge in [0, 0.05) is 54.3 Å². The van der Waals surface area contributed by atoms with Crippen molar-refractivity contribution < 1.29 is 27.6 Å². The molecule has 1 aromatic heterocycles. The van der Waals surface area contributed by atoms with Crippen molar-refractivity contribution in [3.05, 3.63) is 59.1 Å². The number of benzene rings is 1. The number of carbonyl (C=O) groups is 3. The number of fused-ring (bicyclic) bond motifs is 1. The fourth-order valence-corrected chi connectivity index (χ4v) is 6.10. The van der Waals surface area contributed by atoms with Crippen molar-refractivity contribution in [3.8, 4) is 0 Å². The second-order valence-corrected chi connectivity index (χ2v) is 10.8. The molecule has 3 saturated carbocycles. The van der Waals surface area contributed by atoms with Gasteiger partial charge in [-0.15, -0.1) is 0 Å². The highest BCUT2D eigenvalue weighted by atomic mass is 35.5. The molecule has 0 saturated heterocycles. The summed E-state index contributed by atoms with van der Waals surface area (Å²) in [6.07, 6.45) is 3.91. The third-order valence-corrected chi connectivity index (χ3v) is 8.23. The van der Waals surface area contributed by atoms with Crippen LogP contribution in [0, 0.1) is 23.6 Å². The minimum Gasteiger partial charge on any atom is -0.351 e. The fourth-order valence-electron chi connectivity index (χ4n) is 5.86. The van der Waals surface area contributed by atoms with Crippen molar-refractivity contribution in [3.63, 3.8) is 0 Å². The first-order chi connectivity index (χ1) is 17.6. The van der Waals surface area contributed by atoms with Crippen LogP contribution in [-0.2, 0) is 14.4 Å². The number of halogens is 4. The lowest BCUT2D eigenvalue weighted by molar-refractivity contribution is -0.134. The highest BCUT2D eigenvalue weighted by molar-refractivity contribution is 6.31. The predicted octanol–water partition coefficient (Wildman–Crippen LogP) is 5.26. The van der Waals surface area contributed by atoms with Gasteiger partial charge in [0.1, 0.15) is 17.6 Å². The Morgan fingerprint density at radius 3 is 2.54 bits per heavy atom. The number of nitrogens with zero attached hydrogens (tertiary/aromatic N) is 2. The average molecular weight is 534 g/mol. The van der Waals surface area contributed by atoms with E-state index in [9.17, 15) is 27.6 Å². The van der Waals surface area contributed by atoms with Gasteiger partial charge in [-0.2, -0.15) is 0 Å². The number of ketones is 1. The molecule has 10 heteroatoms. The lowest BCUT2D eigenvalue weighted by atomic mass is 9.66. The summed E-state index contributed by atoms with van der Waals surface area (Å²) in [4.78, 5) is 45.4. The maximum atomic E-state index is 14.3. The van der Waals surface area contributed by atoms with E-state index < -0.39 is 54.4 Å². The first-order valence-corrected chi connectivity index (χ1v) is 12.9. The molecule has 2 aromatic rings. The third-order valence-electron chi connectivity index (χ3n) is 7.88. The van der Waals surface area contributed by atoms with Gasteiger partial charge in [0.2, 0.25) is 11.8 Å². The number of carbonyl (C=O) groups excluding carboxylic acids is 3. The molecule has 1 heterocycles. The highest BCUT2D eigenvalue weighted by Crippen LogP contribution is 2.48. The van der Waals surface area contributed by atoms with Crippen LogP contribution in [0.5, 0.6) is 0 Å². The van der Waals surface area contributed by atoms with Gasteiger partial charge in [0.15, 0.2) is 0 Å². The molecule has 3 aliphatic carbocycles. The quantitative estimate of drug-likeness (QED) is 0.549. The predicted molar refractivity (Wildman–Crippen MR) is 131 cm³/mol. The summed E-state index contributed by atoms with van der Waals surface area (Å²) in [5, 5.41) is 2.83. The van der Waals surface area contributed by atoms with Crippen LogP contribution in [0.2, 0.25) is 5.02 Å². The van der Waals surface area contributed by atoms with Gasteiger partial charge in [-0.25, -0.2) is 13.2 Å². The van der Waals surface area contributed by atoms with Gasteiger partial charge in [-0.3, -0.25) is 24.3 Å². The summed E-state index contributed by atoms with van der Waals surface area (Å²) in [6.45, 7) is 0. The maximum Gasteiger partial charge on any atom is 0.252 e. The molecule has 0 spiro atoms. The van der Waals surface area contributed by atoms with Crippen LogP contribution in [-0.4, -0.2) is 34.5 Å². The van der Waals surface area contributed by atoms with E-state index in [0.29, 0.717) is 12.8 Å². The van der Waals surface area contributed by atoms with E-state index >= 15 is 0 Å². The summed E-state index contributed by atoms with van der Waals surface area (Å²) in [7, 11) is 0.